The fourth-order valence-corrected chi connectivity index (χ4v) is 4.78. The number of phosphoric ester groups is 1. The van der Waals surface area contributed by atoms with Gasteiger partial charge in [0.15, 0.2) is 0 Å². The molecule has 1 aromatic carbocycles. The molecule has 3 rings (SSSR count). The molecule has 1 unspecified atom stereocenters. The van der Waals surface area contributed by atoms with E-state index in [0.29, 0.717) is 12.5 Å². The molecule has 0 fully saturated rings. The zero-order chi connectivity index (χ0) is 27.4. The quantitative estimate of drug-likeness (QED) is 0.0847. The molecular weight excluding hydrogens is 567 g/mol. The van der Waals surface area contributed by atoms with E-state index in [1.807, 2.05) is 0 Å². The smallest absolute Gasteiger partial charge is 0.790 e. The molecule has 1 atom stereocenters. The van der Waals surface area contributed by atoms with Gasteiger partial charge in [-0.2, -0.15) is 10.2 Å². The molecule has 0 amide bonds. The van der Waals surface area contributed by atoms with Crippen molar-refractivity contribution in [2.24, 2.45) is 5.92 Å². The van der Waals surface area contributed by atoms with Crippen molar-refractivity contribution in [1.29, 1.82) is 0 Å². The number of ether oxygens (including phenoxy) is 1. The van der Waals surface area contributed by atoms with Crippen LogP contribution in [0, 0.1) is 17.6 Å². The van der Waals surface area contributed by atoms with E-state index >= 15 is 4.39 Å². The maximum atomic E-state index is 15.4. The normalized spacial score (nSPS) is 13.1. The third-order valence-electron chi connectivity index (χ3n) is 6.34. The summed E-state index contributed by atoms with van der Waals surface area (Å²) in [4.78, 5) is 31.1. The molecule has 2 heterocycles. The molecule has 0 saturated carbocycles. The number of phosphoric acid groups is 1. The van der Waals surface area contributed by atoms with Crippen LogP contribution in [0.5, 0.6) is 0 Å². The minimum absolute atomic E-state index is 0. The van der Waals surface area contributed by atoms with Crippen LogP contribution in [0.1, 0.15) is 57.4 Å². The minimum atomic E-state index is -5.49. The van der Waals surface area contributed by atoms with E-state index in [4.69, 9.17) is 9.26 Å². The predicted molar refractivity (Wildman–Crippen MR) is 129 cm³/mol. The molecule has 0 aliphatic heterocycles. The topological polar surface area (TPSA) is 143 Å². The Morgan fingerprint density at radius 2 is 1.52 bits per heavy atom. The van der Waals surface area contributed by atoms with Gasteiger partial charge in [0.1, 0.15) is 42.5 Å². The van der Waals surface area contributed by atoms with E-state index in [1.165, 1.54) is 40.7 Å². The van der Waals surface area contributed by atoms with Crippen LogP contribution in [-0.2, 0) is 32.5 Å². The standard InChI is InChI=1S/C24H35F2N6O5P.2Na/c1-2-3-4-5-6-7-8-11-36-24(15-37-38(33,34)35,22-10-9-21(25)12-23(22)26)20(13-31-18-27-16-29-31)14-32-19-28-17-30-32;;/h9-10,12,16-20H,2-8,11,13-15H2,1H3,(H2,33,34,35);;/q;2*+1/p-2. The van der Waals surface area contributed by atoms with Gasteiger partial charge in [-0.1, -0.05) is 51.5 Å². The Kier molecular flexibility index (Phi) is 17.7. The van der Waals surface area contributed by atoms with Gasteiger partial charge >= 0.3 is 59.1 Å². The van der Waals surface area contributed by atoms with Crippen molar-refractivity contribution in [3.8, 4) is 0 Å². The van der Waals surface area contributed by atoms with Crippen molar-refractivity contribution in [3.05, 3.63) is 60.7 Å². The number of rotatable bonds is 18. The summed E-state index contributed by atoms with van der Waals surface area (Å²) in [5, 5.41) is 8.23. The molecule has 0 bridgehead atoms. The van der Waals surface area contributed by atoms with Crippen molar-refractivity contribution < 1.29 is 91.5 Å². The SMILES string of the molecule is CCCCCCCCCOC(COP(=O)([O-])[O-])(c1ccc(F)cc1F)C(Cn1cncn1)Cn1cncn1.[Na+].[Na+]. The number of hydrogen-bond donors (Lipinski definition) is 0. The average Bonchev–Trinajstić information content (AvgIpc) is 3.57. The summed E-state index contributed by atoms with van der Waals surface area (Å²) in [7, 11) is -5.49. The number of halogens is 2. The van der Waals surface area contributed by atoms with Crippen LogP contribution in [0.25, 0.3) is 0 Å². The minimum Gasteiger partial charge on any atom is -0.790 e. The summed E-state index contributed by atoms with van der Waals surface area (Å²) in [6, 6.07) is 2.90. The zero-order valence-corrected chi connectivity index (χ0v) is 28.2. The number of benzene rings is 1. The van der Waals surface area contributed by atoms with Gasteiger partial charge < -0.3 is 23.6 Å². The molecule has 0 aliphatic rings. The first kappa shape index (κ1) is 37.5. The van der Waals surface area contributed by atoms with Crippen LogP contribution in [0.3, 0.4) is 0 Å². The summed E-state index contributed by atoms with van der Waals surface area (Å²) in [6.07, 6.45) is 12.4. The fraction of sp³-hybridized carbons (Fsp3) is 0.583. The van der Waals surface area contributed by atoms with E-state index < -0.39 is 37.6 Å². The van der Waals surface area contributed by atoms with Crippen LogP contribution in [0.2, 0.25) is 0 Å². The Balaban J connectivity index is 0.00000400. The van der Waals surface area contributed by atoms with E-state index in [-0.39, 0.29) is 84.4 Å². The molecule has 0 aliphatic carbocycles. The summed E-state index contributed by atoms with van der Waals surface area (Å²) < 4.78 is 54.8. The Labute approximate surface area is 277 Å². The molecule has 3 aromatic rings. The number of hydrogen-bond acceptors (Lipinski definition) is 9. The second-order valence-corrected chi connectivity index (χ2v) is 10.3. The van der Waals surface area contributed by atoms with Gasteiger partial charge in [-0.25, -0.2) is 18.7 Å². The maximum absolute atomic E-state index is 15.4. The van der Waals surface area contributed by atoms with Crippen LogP contribution >= 0.6 is 7.82 Å². The first-order valence-electron chi connectivity index (χ1n) is 12.6. The number of nitrogens with zero attached hydrogens (tertiary/aromatic N) is 6. The van der Waals surface area contributed by atoms with Gasteiger partial charge in [-0.15, -0.1) is 0 Å². The van der Waals surface area contributed by atoms with Gasteiger partial charge in [-0.3, -0.25) is 9.36 Å². The van der Waals surface area contributed by atoms with E-state index in [0.717, 1.165) is 44.6 Å². The van der Waals surface area contributed by atoms with Crippen LogP contribution in [-0.4, -0.2) is 42.7 Å². The average molecular weight is 601 g/mol. The maximum Gasteiger partial charge on any atom is 1.00 e. The van der Waals surface area contributed by atoms with Crippen molar-refractivity contribution in [2.75, 3.05) is 13.2 Å². The first-order chi connectivity index (χ1) is 18.2. The van der Waals surface area contributed by atoms with Crippen LogP contribution in [0.4, 0.5) is 8.78 Å². The Morgan fingerprint density at radius 3 is 2.02 bits per heavy atom. The third-order valence-corrected chi connectivity index (χ3v) is 6.78. The third kappa shape index (κ3) is 12.0. The van der Waals surface area contributed by atoms with E-state index in [2.05, 4.69) is 27.1 Å². The molecule has 0 radical (unpaired) electrons. The molecule has 0 saturated heterocycles. The second-order valence-electron chi connectivity index (χ2n) is 9.14. The van der Waals surface area contributed by atoms with Gasteiger partial charge in [-0.05, 0) is 12.5 Å². The van der Waals surface area contributed by atoms with E-state index in [1.54, 1.807) is 0 Å². The van der Waals surface area contributed by atoms with Gasteiger partial charge in [0.05, 0.1) is 27.5 Å². The molecule has 40 heavy (non-hydrogen) atoms. The fourth-order valence-electron chi connectivity index (χ4n) is 4.43. The monoisotopic (exact) mass is 600 g/mol. The Morgan fingerprint density at radius 1 is 0.950 bits per heavy atom. The molecule has 0 N–H and O–H groups in total. The van der Waals surface area contributed by atoms with Gasteiger partial charge in [0.25, 0.3) is 0 Å². The number of unbranched alkanes of at least 4 members (excludes halogenated alkanes) is 6. The molecular formula is C24H33F2N6Na2O5P. The molecule has 210 valence electrons. The largest absolute Gasteiger partial charge is 1.00 e. The Bertz CT molecular complexity index is 1110. The van der Waals surface area contributed by atoms with Crippen molar-refractivity contribution in [3.63, 3.8) is 0 Å². The van der Waals surface area contributed by atoms with Crippen molar-refractivity contribution >= 4 is 7.82 Å². The molecule has 16 heteroatoms. The summed E-state index contributed by atoms with van der Waals surface area (Å²) in [5.41, 5.74) is -1.98. The van der Waals surface area contributed by atoms with Gasteiger partial charge in [0.2, 0.25) is 0 Å². The van der Waals surface area contributed by atoms with Crippen LogP contribution < -0.4 is 68.9 Å². The van der Waals surface area contributed by atoms with Crippen molar-refractivity contribution in [1.82, 2.24) is 29.5 Å². The molecule has 0 spiro atoms. The molecule has 2 aromatic heterocycles. The van der Waals surface area contributed by atoms with E-state index in [9.17, 15) is 18.7 Å². The summed E-state index contributed by atoms with van der Waals surface area (Å²) in [5.74, 6) is -2.60. The Hall–Kier alpha value is -0.570. The number of aromatic nitrogens is 6. The van der Waals surface area contributed by atoms with Gasteiger partial charge in [0, 0.05) is 24.2 Å². The summed E-state index contributed by atoms with van der Waals surface area (Å²) in [6.45, 7) is 1.53. The van der Waals surface area contributed by atoms with Crippen molar-refractivity contribution in [2.45, 2.75) is 70.6 Å². The second kappa shape index (κ2) is 18.9. The zero-order valence-electron chi connectivity index (χ0n) is 23.3. The predicted octanol–water partition coefficient (Wildman–Crippen LogP) is -3.02. The first-order valence-corrected chi connectivity index (χ1v) is 14.1. The molecule has 11 nitrogen and oxygen atoms in total. The summed E-state index contributed by atoms with van der Waals surface area (Å²) >= 11 is 0. The van der Waals surface area contributed by atoms with Crippen LogP contribution in [0.15, 0.2) is 43.5 Å².